The largest absolute Gasteiger partial charge is 0.476 e. The zero-order valence-electron chi connectivity index (χ0n) is 11.6. The number of fused-ring (bicyclic) bond motifs is 1. The minimum Gasteiger partial charge on any atom is -0.476 e. The van der Waals surface area contributed by atoms with Crippen molar-refractivity contribution in [3.8, 4) is 5.88 Å². The number of aromatic nitrogens is 4. The van der Waals surface area contributed by atoms with Gasteiger partial charge in [0.15, 0.2) is 23.6 Å². The van der Waals surface area contributed by atoms with Crippen molar-refractivity contribution in [2.45, 2.75) is 31.5 Å². The standard InChI is InChI=1S/C12H14ClFN4O4/c1-2-21-10-7-9(16-12(13)17-10)18(4-15-7)11-6(14)8(20)5(3-19)22-11/h4-6,8,11,19-20H,2-3H2,1H3/t5-,6+,8-,11?/m1/s1. The summed E-state index contributed by atoms with van der Waals surface area (Å²) in [6.07, 6.45) is -4.05. The molecule has 0 bridgehead atoms. The fourth-order valence-electron chi connectivity index (χ4n) is 2.37. The first-order valence-corrected chi connectivity index (χ1v) is 7.06. The SMILES string of the molecule is CCOc1nc(Cl)nc2c1ncn2C1O[C@H](CO)[C@@H](O)[C@@H]1F. The smallest absolute Gasteiger partial charge is 0.246 e. The van der Waals surface area contributed by atoms with E-state index in [2.05, 4.69) is 15.0 Å². The van der Waals surface area contributed by atoms with Gasteiger partial charge in [-0.05, 0) is 18.5 Å². The Morgan fingerprint density at radius 1 is 1.50 bits per heavy atom. The molecule has 1 fully saturated rings. The van der Waals surface area contributed by atoms with Gasteiger partial charge in [0.2, 0.25) is 11.2 Å². The number of halogens is 2. The Morgan fingerprint density at radius 3 is 2.91 bits per heavy atom. The van der Waals surface area contributed by atoms with Crippen molar-refractivity contribution in [2.75, 3.05) is 13.2 Å². The molecule has 2 aromatic rings. The van der Waals surface area contributed by atoms with Crippen LogP contribution in [0.4, 0.5) is 4.39 Å². The highest BCUT2D eigenvalue weighted by atomic mass is 35.5. The molecule has 22 heavy (non-hydrogen) atoms. The highest BCUT2D eigenvalue weighted by Crippen LogP contribution is 2.34. The zero-order chi connectivity index (χ0) is 15.9. The summed E-state index contributed by atoms with van der Waals surface area (Å²) in [6, 6.07) is 0. The third-order valence-corrected chi connectivity index (χ3v) is 3.56. The minimum atomic E-state index is -1.74. The number of rotatable bonds is 4. The molecule has 0 aromatic carbocycles. The Bertz CT molecular complexity index is 684. The van der Waals surface area contributed by atoms with Gasteiger partial charge in [-0.3, -0.25) is 4.57 Å². The summed E-state index contributed by atoms with van der Waals surface area (Å²) in [5.41, 5.74) is 0.533. The number of imidazole rings is 1. The fraction of sp³-hybridized carbons (Fsp3) is 0.583. The Labute approximate surface area is 129 Å². The number of hydrogen-bond donors (Lipinski definition) is 2. The number of ether oxygens (including phenoxy) is 2. The van der Waals surface area contributed by atoms with Crippen LogP contribution in [0.1, 0.15) is 13.2 Å². The third-order valence-electron chi connectivity index (χ3n) is 3.39. The Hall–Kier alpha value is -1.55. The van der Waals surface area contributed by atoms with Gasteiger partial charge in [-0.15, -0.1) is 0 Å². The maximum Gasteiger partial charge on any atom is 0.246 e. The summed E-state index contributed by atoms with van der Waals surface area (Å²) in [5, 5.41) is 18.7. The average Bonchev–Trinajstić information content (AvgIpc) is 3.02. The van der Waals surface area contributed by atoms with E-state index in [1.807, 2.05) is 0 Å². The summed E-state index contributed by atoms with van der Waals surface area (Å²) in [4.78, 5) is 12.0. The third kappa shape index (κ3) is 2.39. The molecule has 8 nitrogen and oxygen atoms in total. The summed E-state index contributed by atoms with van der Waals surface area (Å²) in [7, 11) is 0. The minimum absolute atomic E-state index is 0.0784. The quantitative estimate of drug-likeness (QED) is 0.784. The van der Waals surface area contributed by atoms with Gasteiger partial charge in [-0.1, -0.05) is 0 Å². The lowest BCUT2D eigenvalue weighted by Gasteiger charge is -2.15. The molecular formula is C12H14ClFN4O4. The first-order valence-electron chi connectivity index (χ1n) is 6.68. The van der Waals surface area contributed by atoms with Crippen molar-refractivity contribution in [2.24, 2.45) is 0 Å². The predicted molar refractivity (Wildman–Crippen MR) is 73.4 cm³/mol. The van der Waals surface area contributed by atoms with Crippen LogP contribution in [0.3, 0.4) is 0 Å². The second-order valence-corrected chi connectivity index (χ2v) is 5.08. The van der Waals surface area contributed by atoms with Gasteiger partial charge in [-0.25, -0.2) is 9.37 Å². The number of aliphatic hydroxyl groups is 2. The molecule has 2 aromatic heterocycles. The van der Waals surface area contributed by atoms with E-state index in [1.165, 1.54) is 10.9 Å². The fourth-order valence-corrected chi connectivity index (χ4v) is 2.52. The van der Waals surface area contributed by atoms with Gasteiger partial charge in [0.25, 0.3) is 0 Å². The van der Waals surface area contributed by atoms with E-state index in [4.69, 9.17) is 26.2 Å². The van der Waals surface area contributed by atoms with E-state index in [0.717, 1.165) is 0 Å². The van der Waals surface area contributed by atoms with E-state index < -0.39 is 31.2 Å². The topological polar surface area (TPSA) is 103 Å². The van der Waals surface area contributed by atoms with Crippen LogP contribution in [0.5, 0.6) is 5.88 Å². The van der Waals surface area contributed by atoms with Crippen LogP contribution in [-0.4, -0.2) is 61.3 Å². The van der Waals surface area contributed by atoms with E-state index in [-0.39, 0.29) is 16.8 Å². The van der Waals surface area contributed by atoms with Crippen molar-refractivity contribution in [1.82, 2.24) is 19.5 Å². The number of alkyl halides is 1. The first kappa shape index (κ1) is 15.3. The van der Waals surface area contributed by atoms with Crippen LogP contribution in [0.2, 0.25) is 5.28 Å². The summed E-state index contributed by atoms with van der Waals surface area (Å²) in [6.45, 7) is 1.63. The molecule has 0 amide bonds. The molecular weight excluding hydrogens is 319 g/mol. The molecule has 1 aliphatic heterocycles. The van der Waals surface area contributed by atoms with Crippen molar-refractivity contribution < 1.29 is 24.1 Å². The number of aliphatic hydroxyl groups excluding tert-OH is 2. The normalized spacial score (nSPS) is 28.4. The molecule has 0 aliphatic carbocycles. The van der Waals surface area contributed by atoms with Crippen LogP contribution < -0.4 is 4.74 Å². The van der Waals surface area contributed by atoms with Gasteiger partial charge >= 0.3 is 0 Å². The monoisotopic (exact) mass is 332 g/mol. The predicted octanol–water partition coefficient (Wildman–Crippen LogP) is 0.467. The van der Waals surface area contributed by atoms with Crippen LogP contribution in [0.25, 0.3) is 11.2 Å². The molecule has 4 atom stereocenters. The molecule has 2 N–H and O–H groups in total. The second-order valence-electron chi connectivity index (χ2n) is 4.74. The molecule has 0 radical (unpaired) electrons. The van der Waals surface area contributed by atoms with Gasteiger partial charge < -0.3 is 19.7 Å². The van der Waals surface area contributed by atoms with Crippen LogP contribution >= 0.6 is 11.6 Å². The van der Waals surface area contributed by atoms with Crippen molar-refractivity contribution in [1.29, 1.82) is 0 Å². The lowest BCUT2D eigenvalue weighted by Crippen LogP contribution is -2.30. The summed E-state index contributed by atoms with van der Waals surface area (Å²) >= 11 is 5.85. The average molecular weight is 333 g/mol. The number of nitrogens with zero attached hydrogens (tertiary/aromatic N) is 4. The molecule has 1 unspecified atom stereocenters. The molecule has 1 saturated heterocycles. The maximum atomic E-state index is 14.2. The Morgan fingerprint density at radius 2 is 2.27 bits per heavy atom. The van der Waals surface area contributed by atoms with E-state index >= 15 is 0 Å². The zero-order valence-corrected chi connectivity index (χ0v) is 12.3. The lowest BCUT2D eigenvalue weighted by molar-refractivity contribution is -0.0459. The molecule has 120 valence electrons. The highest BCUT2D eigenvalue weighted by molar-refractivity contribution is 6.28. The number of hydrogen-bond acceptors (Lipinski definition) is 7. The lowest BCUT2D eigenvalue weighted by atomic mass is 10.1. The first-order chi connectivity index (χ1) is 10.6. The Balaban J connectivity index is 2.05. The van der Waals surface area contributed by atoms with E-state index in [0.29, 0.717) is 12.1 Å². The van der Waals surface area contributed by atoms with E-state index in [9.17, 15) is 9.50 Å². The second kappa shape index (κ2) is 5.92. The maximum absolute atomic E-state index is 14.2. The van der Waals surface area contributed by atoms with Gasteiger partial charge in [0, 0.05) is 0 Å². The van der Waals surface area contributed by atoms with E-state index in [1.54, 1.807) is 6.92 Å². The molecule has 1 aliphatic rings. The van der Waals surface area contributed by atoms with Gasteiger partial charge in [0.1, 0.15) is 12.2 Å². The Kier molecular flexibility index (Phi) is 4.13. The highest BCUT2D eigenvalue weighted by Gasteiger charge is 2.45. The van der Waals surface area contributed by atoms with Gasteiger partial charge in [0.05, 0.1) is 19.5 Å². The molecule has 3 rings (SSSR count). The molecule has 3 heterocycles. The van der Waals surface area contributed by atoms with Crippen LogP contribution in [0.15, 0.2) is 6.33 Å². The van der Waals surface area contributed by atoms with Crippen molar-refractivity contribution in [3.63, 3.8) is 0 Å². The van der Waals surface area contributed by atoms with Gasteiger partial charge in [-0.2, -0.15) is 9.97 Å². The molecule has 0 spiro atoms. The van der Waals surface area contributed by atoms with Crippen LogP contribution in [0, 0.1) is 0 Å². The molecule has 0 saturated carbocycles. The summed E-state index contributed by atoms with van der Waals surface area (Å²) < 4.78 is 26.2. The van der Waals surface area contributed by atoms with Crippen molar-refractivity contribution in [3.05, 3.63) is 11.6 Å². The van der Waals surface area contributed by atoms with Crippen LogP contribution in [-0.2, 0) is 4.74 Å². The summed E-state index contributed by atoms with van der Waals surface area (Å²) in [5.74, 6) is 0.184. The van der Waals surface area contributed by atoms with Crippen molar-refractivity contribution >= 4 is 22.8 Å². The molecule has 10 heteroatoms.